The average Bonchev–Trinajstić information content (AvgIpc) is 2.37. The van der Waals surface area contributed by atoms with Crippen molar-refractivity contribution in [3.63, 3.8) is 0 Å². The molecule has 0 unspecified atom stereocenters. The van der Waals surface area contributed by atoms with E-state index in [2.05, 4.69) is 26.2 Å². The van der Waals surface area contributed by atoms with E-state index >= 15 is 0 Å². The van der Waals surface area contributed by atoms with E-state index in [-0.39, 0.29) is 16.4 Å². The fourth-order valence-corrected chi connectivity index (χ4v) is 2.50. The molecule has 0 saturated carbocycles. The Morgan fingerprint density at radius 3 is 2.71 bits per heavy atom. The molecular formula is C13H9BrClN3O3. The summed E-state index contributed by atoms with van der Waals surface area (Å²) in [6.07, 6.45) is 1.00. The second kappa shape index (κ2) is 6.19. The maximum atomic E-state index is 12.2. The van der Waals surface area contributed by atoms with Crippen molar-refractivity contribution in [1.82, 2.24) is 4.98 Å². The van der Waals surface area contributed by atoms with Gasteiger partial charge < -0.3 is 5.32 Å². The maximum Gasteiger partial charge on any atom is 0.288 e. The Morgan fingerprint density at radius 2 is 2.10 bits per heavy atom. The number of rotatable bonds is 3. The molecule has 0 fully saturated rings. The summed E-state index contributed by atoms with van der Waals surface area (Å²) in [7, 11) is 0. The Bertz CT molecular complexity index is 716. The Labute approximate surface area is 133 Å². The van der Waals surface area contributed by atoms with Gasteiger partial charge in [0.25, 0.3) is 11.6 Å². The van der Waals surface area contributed by atoms with Gasteiger partial charge in [-0.05, 0) is 30.7 Å². The van der Waals surface area contributed by atoms with Gasteiger partial charge in [0.15, 0.2) is 0 Å². The predicted octanol–water partition coefficient (Wildman–Crippen LogP) is 3.97. The van der Waals surface area contributed by atoms with Crippen LogP contribution in [0.1, 0.15) is 15.9 Å². The zero-order chi connectivity index (χ0) is 15.6. The minimum Gasteiger partial charge on any atom is -0.322 e. The number of aromatic nitrogens is 1. The molecule has 6 nitrogen and oxygen atoms in total. The summed E-state index contributed by atoms with van der Waals surface area (Å²) in [6, 6.07) is 6.46. The van der Waals surface area contributed by atoms with E-state index in [1.807, 2.05) is 13.0 Å². The quantitative estimate of drug-likeness (QED) is 0.503. The molecule has 0 aliphatic heterocycles. The number of carbonyl (C=O) groups excluding carboxylic acids is 1. The smallest absolute Gasteiger partial charge is 0.288 e. The minimum atomic E-state index is -0.636. The first-order valence-electron chi connectivity index (χ1n) is 5.75. The average molecular weight is 371 g/mol. The summed E-state index contributed by atoms with van der Waals surface area (Å²) in [5.41, 5.74) is 1.15. The lowest BCUT2D eigenvalue weighted by Gasteiger charge is -2.08. The first-order chi connectivity index (χ1) is 9.86. The number of nitrogens with zero attached hydrogens (tertiary/aromatic N) is 2. The number of aryl methyl sites for hydroxylation is 1. The first-order valence-corrected chi connectivity index (χ1v) is 6.92. The second-order valence-corrected chi connectivity index (χ2v) is 5.53. The van der Waals surface area contributed by atoms with Crippen LogP contribution in [0.4, 0.5) is 11.4 Å². The van der Waals surface area contributed by atoms with Gasteiger partial charge in [0.2, 0.25) is 0 Å². The summed E-state index contributed by atoms with van der Waals surface area (Å²) in [5, 5.41) is 13.3. The van der Waals surface area contributed by atoms with Crippen LogP contribution in [0.25, 0.3) is 0 Å². The third-order valence-corrected chi connectivity index (χ3v) is 3.34. The molecule has 0 atom stereocenters. The fourth-order valence-electron chi connectivity index (χ4n) is 1.70. The van der Waals surface area contributed by atoms with E-state index in [0.717, 1.165) is 22.3 Å². The molecule has 2 rings (SSSR count). The van der Waals surface area contributed by atoms with Gasteiger partial charge in [0.05, 0.1) is 10.5 Å². The van der Waals surface area contributed by atoms with Gasteiger partial charge in [-0.2, -0.15) is 0 Å². The number of amides is 1. The lowest BCUT2D eigenvalue weighted by Crippen LogP contribution is -2.13. The van der Waals surface area contributed by atoms with Crippen molar-refractivity contribution in [1.29, 1.82) is 0 Å². The number of hydrogen-bond donors (Lipinski definition) is 1. The van der Waals surface area contributed by atoms with Gasteiger partial charge in [0, 0.05) is 16.2 Å². The van der Waals surface area contributed by atoms with Gasteiger partial charge >= 0.3 is 0 Å². The molecule has 108 valence electrons. The van der Waals surface area contributed by atoms with E-state index in [1.54, 1.807) is 12.1 Å². The summed E-state index contributed by atoms with van der Waals surface area (Å²) in [4.78, 5) is 25.9. The molecule has 0 bridgehead atoms. The molecule has 2 aromatic rings. The lowest BCUT2D eigenvalue weighted by atomic mass is 10.2. The van der Waals surface area contributed by atoms with Crippen molar-refractivity contribution < 1.29 is 9.72 Å². The standard InChI is InChI=1S/C13H9BrClN3O3/c1-7-2-8(14)4-9(3-7)17-13(19)11-5-10(18(20)21)6-16-12(11)15/h2-6H,1H3,(H,17,19). The Morgan fingerprint density at radius 1 is 1.38 bits per heavy atom. The highest BCUT2D eigenvalue weighted by molar-refractivity contribution is 9.10. The van der Waals surface area contributed by atoms with E-state index in [4.69, 9.17) is 11.6 Å². The highest BCUT2D eigenvalue weighted by Crippen LogP contribution is 2.23. The number of nitrogens with one attached hydrogen (secondary N) is 1. The van der Waals surface area contributed by atoms with Crippen LogP contribution in [0, 0.1) is 17.0 Å². The van der Waals surface area contributed by atoms with Crippen LogP contribution in [-0.2, 0) is 0 Å². The fraction of sp³-hybridized carbons (Fsp3) is 0.0769. The van der Waals surface area contributed by atoms with E-state index in [9.17, 15) is 14.9 Å². The van der Waals surface area contributed by atoms with Crippen molar-refractivity contribution in [2.24, 2.45) is 0 Å². The lowest BCUT2D eigenvalue weighted by molar-refractivity contribution is -0.385. The molecule has 0 aliphatic rings. The summed E-state index contributed by atoms with van der Waals surface area (Å²) in [6.45, 7) is 1.88. The van der Waals surface area contributed by atoms with Gasteiger partial charge in [-0.1, -0.05) is 27.5 Å². The van der Waals surface area contributed by atoms with Crippen molar-refractivity contribution in [3.8, 4) is 0 Å². The van der Waals surface area contributed by atoms with Gasteiger partial charge in [-0.15, -0.1) is 0 Å². The van der Waals surface area contributed by atoms with E-state index in [1.165, 1.54) is 0 Å². The minimum absolute atomic E-state index is 0.0523. The predicted molar refractivity (Wildman–Crippen MR) is 82.7 cm³/mol. The Hall–Kier alpha value is -1.99. The van der Waals surface area contributed by atoms with Crippen LogP contribution in [0.5, 0.6) is 0 Å². The molecule has 1 aromatic carbocycles. The van der Waals surface area contributed by atoms with Crippen molar-refractivity contribution in [2.75, 3.05) is 5.32 Å². The zero-order valence-corrected chi connectivity index (χ0v) is 13.1. The molecule has 1 aromatic heterocycles. The van der Waals surface area contributed by atoms with Crippen LogP contribution < -0.4 is 5.32 Å². The number of hydrogen-bond acceptors (Lipinski definition) is 4. The number of anilines is 1. The number of halogens is 2. The summed E-state index contributed by atoms with van der Waals surface area (Å²) >= 11 is 9.15. The monoisotopic (exact) mass is 369 g/mol. The molecule has 1 heterocycles. The maximum absolute atomic E-state index is 12.2. The second-order valence-electron chi connectivity index (χ2n) is 4.26. The van der Waals surface area contributed by atoms with Crippen LogP contribution in [0.15, 0.2) is 34.9 Å². The van der Waals surface area contributed by atoms with E-state index in [0.29, 0.717) is 5.69 Å². The number of nitro groups is 1. The number of carbonyl (C=O) groups is 1. The van der Waals surface area contributed by atoms with Crippen molar-refractivity contribution in [2.45, 2.75) is 6.92 Å². The van der Waals surface area contributed by atoms with Gasteiger partial charge in [-0.25, -0.2) is 4.98 Å². The zero-order valence-electron chi connectivity index (χ0n) is 10.8. The highest BCUT2D eigenvalue weighted by atomic mass is 79.9. The molecule has 0 spiro atoms. The largest absolute Gasteiger partial charge is 0.322 e. The van der Waals surface area contributed by atoms with Crippen LogP contribution in [0.2, 0.25) is 5.15 Å². The SMILES string of the molecule is Cc1cc(Br)cc(NC(=O)c2cc([N+](=O)[O-])cnc2Cl)c1. The third-order valence-electron chi connectivity index (χ3n) is 2.58. The molecule has 1 amide bonds. The molecule has 0 saturated heterocycles. The third kappa shape index (κ3) is 3.77. The van der Waals surface area contributed by atoms with Crippen LogP contribution >= 0.6 is 27.5 Å². The molecular weight excluding hydrogens is 362 g/mol. The summed E-state index contributed by atoms with van der Waals surface area (Å²) in [5.74, 6) is -0.561. The Kier molecular flexibility index (Phi) is 4.54. The first kappa shape index (κ1) is 15.4. The van der Waals surface area contributed by atoms with Crippen molar-refractivity contribution in [3.05, 3.63) is 61.3 Å². The van der Waals surface area contributed by atoms with Crippen molar-refractivity contribution >= 4 is 44.8 Å². The summed E-state index contributed by atoms with van der Waals surface area (Å²) < 4.78 is 0.807. The normalized spacial score (nSPS) is 10.2. The molecule has 0 radical (unpaired) electrons. The topological polar surface area (TPSA) is 85.1 Å². The molecule has 1 N–H and O–H groups in total. The van der Waals surface area contributed by atoms with Crippen LogP contribution in [0.3, 0.4) is 0 Å². The molecule has 8 heteroatoms. The molecule has 0 aliphatic carbocycles. The molecule has 21 heavy (non-hydrogen) atoms. The number of benzene rings is 1. The van der Waals surface area contributed by atoms with Gasteiger partial charge in [-0.3, -0.25) is 14.9 Å². The Balaban J connectivity index is 2.31. The van der Waals surface area contributed by atoms with E-state index < -0.39 is 10.8 Å². The van der Waals surface area contributed by atoms with Crippen LogP contribution in [-0.4, -0.2) is 15.8 Å². The highest BCUT2D eigenvalue weighted by Gasteiger charge is 2.17. The number of pyridine rings is 1. The van der Waals surface area contributed by atoms with Gasteiger partial charge in [0.1, 0.15) is 11.3 Å².